The average molecular weight is 287 g/mol. The van der Waals surface area contributed by atoms with E-state index in [1.165, 1.54) is 36.8 Å². The van der Waals surface area contributed by atoms with Crippen molar-refractivity contribution in [3.63, 3.8) is 0 Å². The largest absolute Gasteiger partial charge is 0.0991 e. The molecule has 0 radical (unpaired) electrons. The predicted molar refractivity (Wildman–Crippen MR) is 99.8 cm³/mol. The van der Waals surface area contributed by atoms with Gasteiger partial charge in [0.2, 0.25) is 0 Å². The van der Waals surface area contributed by atoms with Crippen LogP contribution in [0.15, 0.2) is 67.3 Å². The summed E-state index contributed by atoms with van der Waals surface area (Å²) in [5.41, 5.74) is 2.64. The molecule has 0 unspecified atom stereocenters. The quantitative estimate of drug-likeness (QED) is 0.352. The lowest BCUT2D eigenvalue weighted by molar-refractivity contribution is 0.680. The van der Waals surface area contributed by atoms with Gasteiger partial charge in [0.1, 0.15) is 0 Å². The number of unbranched alkanes of at least 4 members (excludes halogenated alkanes) is 2. The van der Waals surface area contributed by atoms with Crippen molar-refractivity contribution in [1.82, 2.24) is 0 Å². The molecule has 0 aliphatic carbocycles. The van der Waals surface area contributed by atoms with E-state index in [4.69, 9.17) is 0 Å². The van der Waals surface area contributed by atoms with Gasteiger partial charge < -0.3 is 0 Å². The second-order valence-electron chi connectivity index (χ2n) is 4.30. The van der Waals surface area contributed by atoms with E-state index in [-0.39, 0.29) is 0 Å². The van der Waals surface area contributed by atoms with Crippen molar-refractivity contribution in [1.29, 1.82) is 0 Å². The smallest absolute Gasteiger partial charge is 0.0279 e. The Kier molecular flexibility index (Phi) is 19.1. The minimum atomic E-state index is 1.10. The van der Waals surface area contributed by atoms with Crippen molar-refractivity contribution in [2.75, 3.05) is 0 Å². The maximum Gasteiger partial charge on any atom is -0.0279 e. The molecule has 0 saturated heterocycles. The molecule has 1 aromatic rings. The number of benzene rings is 1. The normalized spacial score (nSPS) is 9.14. The summed E-state index contributed by atoms with van der Waals surface area (Å²) < 4.78 is 0. The van der Waals surface area contributed by atoms with E-state index in [2.05, 4.69) is 43.5 Å². The molecule has 1 aromatic carbocycles. The van der Waals surface area contributed by atoms with Gasteiger partial charge in [-0.2, -0.15) is 0 Å². The summed E-state index contributed by atoms with van der Waals surface area (Å²) in [7, 11) is 0. The monoisotopic (exact) mass is 286 g/mol. The highest BCUT2D eigenvalue weighted by molar-refractivity contribution is 5.18. The molecular weight excluding hydrogens is 252 g/mol. The molecule has 0 atom stereocenters. The molecule has 0 spiro atoms. The van der Waals surface area contributed by atoms with Gasteiger partial charge in [-0.25, -0.2) is 0 Å². The molecule has 0 nitrogen and oxygen atoms in total. The van der Waals surface area contributed by atoms with E-state index < -0.39 is 0 Å². The second-order valence-corrected chi connectivity index (χ2v) is 4.30. The Morgan fingerprint density at radius 1 is 0.952 bits per heavy atom. The molecule has 0 amide bonds. The fraction of sp³-hybridized carbons (Fsp3) is 0.429. The molecule has 0 aliphatic rings. The molecule has 0 saturated carbocycles. The maximum absolute atomic E-state index is 4.01. The van der Waals surface area contributed by atoms with Crippen molar-refractivity contribution >= 4 is 0 Å². The third-order valence-electron chi connectivity index (χ3n) is 2.77. The van der Waals surface area contributed by atoms with Gasteiger partial charge in [0.15, 0.2) is 0 Å². The number of rotatable bonds is 8. The second kappa shape index (κ2) is 18.4. The van der Waals surface area contributed by atoms with Gasteiger partial charge in [0.05, 0.1) is 0 Å². The first kappa shape index (κ1) is 21.7. The molecule has 0 N–H and O–H groups in total. The minimum absolute atomic E-state index is 1.10. The lowest BCUT2D eigenvalue weighted by atomic mass is 10.0. The van der Waals surface area contributed by atoms with Crippen LogP contribution < -0.4 is 0 Å². The number of hydrogen-bond donors (Lipinski definition) is 0. The van der Waals surface area contributed by atoms with E-state index in [0.29, 0.717) is 0 Å². The molecule has 21 heavy (non-hydrogen) atoms. The van der Waals surface area contributed by atoms with Gasteiger partial charge in [-0.1, -0.05) is 101 Å². The first-order chi connectivity index (χ1) is 10.3. The summed E-state index contributed by atoms with van der Waals surface area (Å²) in [4.78, 5) is 0. The third-order valence-corrected chi connectivity index (χ3v) is 2.77. The first-order valence-electron chi connectivity index (χ1n) is 8.33. The van der Waals surface area contributed by atoms with Crippen molar-refractivity contribution in [2.24, 2.45) is 0 Å². The van der Waals surface area contributed by atoms with Gasteiger partial charge in [-0.3, -0.25) is 0 Å². The summed E-state index contributed by atoms with van der Waals surface area (Å²) in [5.74, 6) is 0. The molecule has 118 valence electrons. The Hall–Kier alpha value is -1.56. The van der Waals surface area contributed by atoms with E-state index in [9.17, 15) is 0 Å². The van der Waals surface area contributed by atoms with Crippen molar-refractivity contribution in [2.45, 2.75) is 59.8 Å². The first-order valence-corrected chi connectivity index (χ1v) is 8.33. The van der Waals surface area contributed by atoms with Gasteiger partial charge >= 0.3 is 0 Å². The zero-order chi connectivity index (χ0) is 16.3. The van der Waals surface area contributed by atoms with Crippen LogP contribution in [0, 0.1) is 0 Å². The zero-order valence-electron chi connectivity index (χ0n) is 14.6. The molecule has 1 rings (SSSR count). The van der Waals surface area contributed by atoms with E-state index in [1.54, 1.807) is 6.08 Å². The van der Waals surface area contributed by atoms with Crippen LogP contribution in [-0.2, 0) is 6.42 Å². The van der Waals surface area contributed by atoms with Gasteiger partial charge in [0, 0.05) is 0 Å². The van der Waals surface area contributed by atoms with Crippen LogP contribution in [0.4, 0.5) is 0 Å². The summed E-state index contributed by atoms with van der Waals surface area (Å²) in [5, 5.41) is 0. The Bertz CT molecular complexity index is 357. The fourth-order valence-electron chi connectivity index (χ4n) is 1.79. The van der Waals surface area contributed by atoms with Crippen LogP contribution in [0.1, 0.15) is 58.9 Å². The lowest BCUT2D eigenvalue weighted by Crippen LogP contribution is -1.86. The Morgan fingerprint density at radius 3 is 2.14 bits per heavy atom. The summed E-state index contributed by atoms with van der Waals surface area (Å²) >= 11 is 0. The van der Waals surface area contributed by atoms with Crippen LogP contribution in [0.2, 0.25) is 0 Å². The Balaban J connectivity index is 0. The lowest BCUT2D eigenvalue weighted by Gasteiger charge is -2.02. The highest BCUT2D eigenvalue weighted by Gasteiger charge is 1.93. The van der Waals surface area contributed by atoms with Crippen LogP contribution in [0.25, 0.3) is 0 Å². The van der Waals surface area contributed by atoms with E-state index >= 15 is 0 Å². The average Bonchev–Trinajstić information content (AvgIpc) is 2.57. The molecule has 0 heteroatoms. The summed E-state index contributed by atoms with van der Waals surface area (Å²) in [6.07, 6.45) is 11.8. The Labute approximate surface area is 133 Å². The Morgan fingerprint density at radius 2 is 1.57 bits per heavy atom. The molecular formula is C21H34. The molecule has 0 aliphatic heterocycles. The molecule has 0 heterocycles. The molecule has 0 fully saturated rings. The number of hydrogen-bond acceptors (Lipinski definition) is 0. The van der Waals surface area contributed by atoms with Crippen LogP contribution >= 0.6 is 0 Å². The van der Waals surface area contributed by atoms with Crippen LogP contribution in [-0.4, -0.2) is 0 Å². The van der Waals surface area contributed by atoms with Crippen LogP contribution in [0.3, 0.4) is 0 Å². The van der Waals surface area contributed by atoms with Gasteiger partial charge in [-0.05, 0) is 31.2 Å². The molecule has 0 bridgehead atoms. The SMILES string of the molecule is C=C/C=C\C(=C)CCCCCc1ccccc1.CC.CC. The van der Waals surface area contributed by atoms with Crippen molar-refractivity contribution in [3.05, 3.63) is 72.9 Å². The predicted octanol–water partition coefficient (Wildman–Crippen LogP) is 7.14. The highest BCUT2D eigenvalue weighted by Crippen LogP contribution is 2.11. The van der Waals surface area contributed by atoms with E-state index in [1.807, 2.05) is 39.8 Å². The topological polar surface area (TPSA) is 0 Å². The third kappa shape index (κ3) is 14.7. The van der Waals surface area contributed by atoms with Gasteiger partial charge in [0.25, 0.3) is 0 Å². The minimum Gasteiger partial charge on any atom is -0.0991 e. The van der Waals surface area contributed by atoms with Crippen molar-refractivity contribution in [3.8, 4) is 0 Å². The van der Waals surface area contributed by atoms with Crippen molar-refractivity contribution < 1.29 is 0 Å². The summed E-state index contributed by atoms with van der Waals surface area (Å²) in [6, 6.07) is 10.7. The van der Waals surface area contributed by atoms with E-state index in [0.717, 1.165) is 6.42 Å². The fourth-order valence-corrected chi connectivity index (χ4v) is 1.79. The number of allylic oxidation sites excluding steroid dienone is 4. The number of aryl methyl sites for hydroxylation is 1. The van der Waals surface area contributed by atoms with Crippen LogP contribution in [0.5, 0.6) is 0 Å². The zero-order valence-corrected chi connectivity index (χ0v) is 14.6. The molecule has 0 aromatic heterocycles. The highest BCUT2D eigenvalue weighted by atomic mass is 14.0. The van der Waals surface area contributed by atoms with Gasteiger partial charge in [-0.15, -0.1) is 0 Å². The standard InChI is InChI=1S/C17H22.2C2H6/c1-3-4-11-16(2)12-7-5-8-13-17-14-9-6-10-15-17;2*1-2/h3-4,6,9-11,14-15H,1-2,5,7-8,12-13H2;2*1-2H3/b11-4-;;. The maximum atomic E-state index is 4.01. The summed E-state index contributed by atoms with van der Waals surface area (Å²) in [6.45, 7) is 15.7.